The Morgan fingerprint density at radius 1 is 1.02 bits per heavy atom. The number of alkyl halides is 3. The van der Waals surface area contributed by atoms with Gasteiger partial charge in [0.2, 0.25) is 11.8 Å². The Hall–Kier alpha value is -4.42. The van der Waals surface area contributed by atoms with Gasteiger partial charge >= 0.3 is 12.1 Å². The minimum absolute atomic E-state index is 0.0273. The van der Waals surface area contributed by atoms with Gasteiger partial charge in [0, 0.05) is 43.8 Å². The molecule has 0 bridgehead atoms. The first-order valence-corrected chi connectivity index (χ1v) is 15.5. The van der Waals surface area contributed by atoms with Crippen LogP contribution >= 0.6 is 0 Å². The van der Waals surface area contributed by atoms with Crippen LogP contribution < -0.4 is 19.3 Å². The molecule has 10 nitrogen and oxygen atoms in total. The van der Waals surface area contributed by atoms with E-state index in [9.17, 15) is 22.8 Å². The quantitative estimate of drug-likeness (QED) is 0.213. The number of pyridine rings is 3. The molecule has 2 aliphatic rings. The number of ether oxygens (including phenoxy) is 3. The highest BCUT2D eigenvalue weighted by Gasteiger charge is 2.37. The molecule has 1 aliphatic heterocycles. The lowest BCUT2D eigenvalue weighted by Gasteiger charge is -2.35. The van der Waals surface area contributed by atoms with Gasteiger partial charge in [-0.15, -0.1) is 0 Å². The molecule has 1 amide bonds. The Balaban J connectivity index is 1.25. The van der Waals surface area contributed by atoms with Crippen LogP contribution in [0.5, 0.6) is 11.8 Å². The molecule has 1 atom stereocenters. The number of esters is 1. The molecule has 3 aromatic heterocycles. The molecule has 0 N–H and O–H groups in total. The van der Waals surface area contributed by atoms with E-state index in [0.29, 0.717) is 55.1 Å². The van der Waals surface area contributed by atoms with E-state index < -0.39 is 18.6 Å². The topological polar surface area (TPSA) is 107 Å². The number of rotatable bonds is 13. The minimum Gasteiger partial charge on any atom is -0.481 e. The molecule has 1 saturated carbocycles. The van der Waals surface area contributed by atoms with Crippen molar-refractivity contribution in [3.05, 3.63) is 66.1 Å². The van der Waals surface area contributed by atoms with Crippen molar-refractivity contribution < 1.29 is 37.0 Å². The van der Waals surface area contributed by atoms with Crippen molar-refractivity contribution in [2.45, 2.75) is 51.1 Å². The molecule has 246 valence electrons. The average Bonchev–Trinajstić information content (AvgIpc) is 3.91. The summed E-state index contributed by atoms with van der Waals surface area (Å²) < 4.78 is 57.2. The van der Waals surface area contributed by atoms with E-state index in [2.05, 4.69) is 15.0 Å². The maximum atomic E-state index is 13.6. The molecule has 1 saturated heterocycles. The van der Waals surface area contributed by atoms with Gasteiger partial charge in [0.15, 0.2) is 0 Å². The third-order valence-corrected chi connectivity index (χ3v) is 8.30. The predicted molar refractivity (Wildman–Crippen MR) is 164 cm³/mol. The van der Waals surface area contributed by atoms with Gasteiger partial charge in [-0.3, -0.25) is 14.5 Å². The molecule has 5 rings (SSSR count). The highest BCUT2D eigenvalue weighted by molar-refractivity contribution is 6.09. The second kappa shape index (κ2) is 14.8. The zero-order valence-corrected chi connectivity index (χ0v) is 25.9. The lowest BCUT2D eigenvalue weighted by molar-refractivity contribution is -0.143. The summed E-state index contributed by atoms with van der Waals surface area (Å²) in [6.45, 7) is 2.18. The first kappa shape index (κ1) is 33.0. The molecule has 0 spiro atoms. The van der Waals surface area contributed by atoms with Crippen molar-refractivity contribution in [2.24, 2.45) is 11.8 Å². The highest BCUT2D eigenvalue weighted by atomic mass is 19.4. The molecule has 0 aromatic carbocycles. The van der Waals surface area contributed by atoms with Gasteiger partial charge in [-0.25, -0.2) is 15.0 Å². The van der Waals surface area contributed by atoms with Crippen molar-refractivity contribution >= 4 is 23.4 Å². The summed E-state index contributed by atoms with van der Waals surface area (Å²) in [6.07, 6.45) is 3.61. The molecular formula is C33H38F3N5O5. The molecule has 1 unspecified atom stereocenters. The van der Waals surface area contributed by atoms with Crippen molar-refractivity contribution in [3.63, 3.8) is 0 Å². The number of carbonyl (C=O) groups excluding carboxylic acids is 2. The summed E-state index contributed by atoms with van der Waals surface area (Å²) in [7, 11) is 1.44. The first-order valence-electron chi connectivity index (χ1n) is 15.5. The fourth-order valence-electron chi connectivity index (χ4n) is 5.79. The third kappa shape index (κ3) is 8.64. The lowest BCUT2D eigenvalue weighted by atomic mass is 9.92. The molecule has 2 fully saturated rings. The summed E-state index contributed by atoms with van der Waals surface area (Å²) >= 11 is 0. The van der Waals surface area contributed by atoms with Crippen molar-refractivity contribution in [1.82, 2.24) is 15.0 Å². The summed E-state index contributed by atoms with van der Waals surface area (Å²) in [6, 6.07) is 9.88. The summed E-state index contributed by atoms with van der Waals surface area (Å²) in [5, 5.41) is 0. The Kier molecular flexibility index (Phi) is 10.6. The van der Waals surface area contributed by atoms with Crippen LogP contribution in [0.2, 0.25) is 0 Å². The Labute approximate surface area is 265 Å². The van der Waals surface area contributed by atoms with Gasteiger partial charge in [0.1, 0.15) is 12.4 Å². The summed E-state index contributed by atoms with van der Waals surface area (Å²) in [5.74, 6) is 0.305. The van der Waals surface area contributed by atoms with E-state index >= 15 is 0 Å². The maximum Gasteiger partial charge on any atom is 0.406 e. The van der Waals surface area contributed by atoms with Crippen molar-refractivity contribution in [3.8, 4) is 11.8 Å². The second-order valence-corrected chi connectivity index (χ2v) is 11.6. The second-order valence-electron chi connectivity index (χ2n) is 11.6. The summed E-state index contributed by atoms with van der Waals surface area (Å²) in [4.78, 5) is 40.9. The fraction of sp³-hybridized carbons (Fsp3) is 0.485. The number of nitrogens with zero attached hydrogens (tertiary/aromatic N) is 5. The minimum atomic E-state index is -4.64. The van der Waals surface area contributed by atoms with Crippen LogP contribution in [0, 0.1) is 11.8 Å². The molecule has 46 heavy (non-hydrogen) atoms. The zero-order valence-electron chi connectivity index (χ0n) is 25.9. The van der Waals surface area contributed by atoms with E-state index in [1.807, 2.05) is 17.0 Å². The summed E-state index contributed by atoms with van der Waals surface area (Å²) in [5.41, 5.74) is 1.49. The number of methoxy groups -OCH3 is 1. The van der Waals surface area contributed by atoms with E-state index in [0.717, 1.165) is 31.2 Å². The van der Waals surface area contributed by atoms with Crippen LogP contribution in [0.25, 0.3) is 0 Å². The number of anilines is 2. The molecule has 1 aliphatic carbocycles. The number of hydrogen-bond acceptors (Lipinski definition) is 9. The molecule has 13 heteroatoms. The van der Waals surface area contributed by atoms with Crippen LogP contribution in [-0.4, -0.2) is 73.0 Å². The van der Waals surface area contributed by atoms with Crippen LogP contribution in [0.1, 0.15) is 60.9 Å². The number of hydrogen-bond donors (Lipinski definition) is 0. The largest absolute Gasteiger partial charge is 0.481 e. The van der Waals surface area contributed by atoms with Gasteiger partial charge in [-0.2, -0.15) is 13.2 Å². The molecule has 3 aromatic rings. The maximum absolute atomic E-state index is 13.6. The van der Waals surface area contributed by atoms with Gasteiger partial charge in [-0.05, 0) is 74.1 Å². The van der Waals surface area contributed by atoms with Crippen molar-refractivity contribution in [1.29, 1.82) is 0 Å². The van der Waals surface area contributed by atoms with Crippen LogP contribution in [0.15, 0.2) is 55.0 Å². The predicted octanol–water partition coefficient (Wildman–Crippen LogP) is 5.83. The molecular weight excluding hydrogens is 603 g/mol. The van der Waals surface area contributed by atoms with E-state index in [1.54, 1.807) is 25.3 Å². The zero-order chi connectivity index (χ0) is 32.7. The normalized spacial score (nSPS) is 16.1. The van der Waals surface area contributed by atoms with Crippen LogP contribution in [-0.2, 0) is 9.53 Å². The number of amides is 1. The Bertz CT molecular complexity index is 1480. The van der Waals surface area contributed by atoms with Gasteiger partial charge in [0.25, 0.3) is 5.91 Å². The van der Waals surface area contributed by atoms with E-state index in [-0.39, 0.29) is 35.1 Å². The molecule has 0 radical (unpaired) electrons. The van der Waals surface area contributed by atoms with Crippen LogP contribution in [0.3, 0.4) is 0 Å². The van der Waals surface area contributed by atoms with Gasteiger partial charge < -0.3 is 19.1 Å². The van der Waals surface area contributed by atoms with Gasteiger partial charge in [0.05, 0.1) is 38.0 Å². The smallest absolute Gasteiger partial charge is 0.406 e. The number of piperidine rings is 1. The number of halogens is 3. The number of aromatic nitrogens is 3. The lowest BCUT2D eigenvalue weighted by Crippen LogP contribution is -2.41. The third-order valence-electron chi connectivity index (χ3n) is 8.30. The first-order chi connectivity index (χ1) is 22.1. The highest BCUT2D eigenvalue weighted by Crippen LogP contribution is 2.45. The monoisotopic (exact) mass is 641 g/mol. The SMILES string of the molecule is CCOC(=O)CC(c1ccnc(OCC2CCN(c3cc(OC)ncc3C(=O)N(CC(F)(F)F)c3ccccn3)CC2)c1)C1CC1. The Morgan fingerprint density at radius 3 is 2.46 bits per heavy atom. The van der Waals surface area contributed by atoms with Gasteiger partial charge in [-0.1, -0.05) is 6.07 Å². The Morgan fingerprint density at radius 2 is 1.80 bits per heavy atom. The van der Waals surface area contributed by atoms with Crippen LogP contribution in [0.4, 0.5) is 24.7 Å². The number of carbonyl (C=O) groups is 2. The molecule has 4 heterocycles. The average molecular weight is 642 g/mol. The van der Waals surface area contributed by atoms with Crippen molar-refractivity contribution in [2.75, 3.05) is 49.8 Å². The van der Waals surface area contributed by atoms with E-state index in [4.69, 9.17) is 14.2 Å². The fourth-order valence-corrected chi connectivity index (χ4v) is 5.79. The van der Waals surface area contributed by atoms with E-state index in [1.165, 1.54) is 31.6 Å². The standard InChI is InChI=1S/C33H38F3N5O5/c1-3-45-31(42)17-25(23-7-8-23)24-9-13-38-30(16-24)46-20-22-10-14-40(15-11-22)27-18-29(44-2)39-19-26(27)32(43)41(21-33(34,35)36)28-6-4-5-12-37-28/h4-6,9,12-13,16,18-19,22-23,25H,3,7-8,10-11,14-15,17,20-21H2,1-2H3.